The summed E-state index contributed by atoms with van der Waals surface area (Å²) in [6, 6.07) is 11.3. The lowest BCUT2D eigenvalue weighted by molar-refractivity contribution is -0.123. The first-order valence-electron chi connectivity index (χ1n) is 9.00. The molecule has 2 aliphatic rings. The van der Waals surface area contributed by atoms with Gasteiger partial charge >= 0.3 is 0 Å². The molecule has 0 saturated carbocycles. The van der Waals surface area contributed by atoms with Gasteiger partial charge in [0.25, 0.3) is 11.8 Å². The number of aryl methyl sites for hydroxylation is 1. The summed E-state index contributed by atoms with van der Waals surface area (Å²) < 4.78 is 5.13. The lowest BCUT2D eigenvalue weighted by Crippen LogP contribution is -2.39. The standard InChI is InChI=1S/C20H19ClN4O3/c1-3-12-4-6-13(7-5-12)11-24-18-17(22-23-24)19(26)25(20(18)27)14-8-9-16(28-2)15(21)10-14/h4-10,17-18H,3,11H2,1-2H3/t17-,18-/m1/s1. The number of amides is 2. The minimum Gasteiger partial charge on any atom is -0.495 e. The molecule has 2 aliphatic heterocycles. The Morgan fingerprint density at radius 1 is 1.07 bits per heavy atom. The third kappa shape index (κ3) is 3.01. The molecule has 1 saturated heterocycles. The number of carbonyl (C=O) groups excluding carboxylic acids is 2. The highest BCUT2D eigenvalue weighted by molar-refractivity contribution is 6.33. The second-order valence-electron chi connectivity index (χ2n) is 6.69. The molecule has 7 nitrogen and oxygen atoms in total. The van der Waals surface area contributed by atoms with E-state index in [4.69, 9.17) is 16.3 Å². The molecule has 144 valence electrons. The smallest absolute Gasteiger partial charge is 0.263 e. The molecule has 0 spiro atoms. The van der Waals surface area contributed by atoms with Gasteiger partial charge in [0.1, 0.15) is 5.75 Å². The zero-order valence-corrected chi connectivity index (χ0v) is 16.3. The number of anilines is 1. The van der Waals surface area contributed by atoms with E-state index in [1.54, 1.807) is 23.2 Å². The molecule has 0 radical (unpaired) electrons. The van der Waals surface area contributed by atoms with Crippen LogP contribution < -0.4 is 9.64 Å². The zero-order valence-electron chi connectivity index (χ0n) is 15.5. The normalized spacial score (nSPS) is 20.8. The summed E-state index contributed by atoms with van der Waals surface area (Å²) in [6.07, 6.45) is 0.959. The number of ether oxygens (including phenoxy) is 1. The molecule has 1 fully saturated rings. The van der Waals surface area contributed by atoms with Crippen molar-refractivity contribution in [2.24, 2.45) is 10.3 Å². The van der Waals surface area contributed by atoms with Crippen molar-refractivity contribution in [2.75, 3.05) is 12.0 Å². The van der Waals surface area contributed by atoms with Crippen LogP contribution >= 0.6 is 11.6 Å². The van der Waals surface area contributed by atoms with Gasteiger partial charge in [-0.05, 0) is 35.7 Å². The average molecular weight is 399 g/mol. The lowest BCUT2D eigenvalue weighted by atomic mass is 10.1. The van der Waals surface area contributed by atoms with Crippen LogP contribution in [-0.4, -0.2) is 36.0 Å². The van der Waals surface area contributed by atoms with Gasteiger partial charge in [-0.3, -0.25) is 14.6 Å². The molecule has 2 heterocycles. The summed E-state index contributed by atoms with van der Waals surface area (Å²) in [5.41, 5.74) is 2.64. The number of imide groups is 1. The van der Waals surface area contributed by atoms with E-state index in [-0.39, 0.29) is 5.91 Å². The van der Waals surface area contributed by atoms with Gasteiger partial charge in [0.15, 0.2) is 12.1 Å². The van der Waals surface area contributed by atoms with Crippen molar-refractivity contribution in [1.29, 1.82) is 0 Å². The van der Waals surface area contributed by atoms with Crippen LogP contribution in [0.25, 0.3) is 0 Å². The molecule has 2 aromatic carbocycles. The first kappa shape index (κ1) is 18.4. The largest absolute Gasteiger partial charge is 0.495 e. The minimum atomic E-state index is -0.830. The number of fused-ring (bicyclic) bond motifs is 1. The van der Waals surface area contributed by atoms with Gasteiger partial charge in [0.2, 0.25) is 0 Å². The molecule has 0 aliphatic carbocycles. The SMILES string of the molecule is CCc1ccc(CN2N=N[C@H]3C(=O)N(c4ccc(OC)c(Cl)c4)C(=O)[C@@H]32)cc1. The van der Waals surface area contributed by atoms with Crippen molar-refractivity contribution in [3.63, 3.8) is 0 Å². The number of hydrogen-bond acceptors (Lipinski definition) is 6. The molecule has 0 N–H and O–H groups in total. The maximum absolute atomic E-state index is 13.0. The molecule has 2 aromatic rings. The van der Waals surface area contributed by atoms with Crippen molar-refractivity contribution in [3.05, 3.63) is 58.6 Å². The average Bonchev–Trinajstić information content (AvgIpc) is 3.22. The van der Waals surface area contributed by atoms with E-state index in [0.717, 1.165) is 16.9 Å². The lowest BCUT2D eigenvalue weighted by Gasteiger charge is -2.21. The van der Waals surface area contributed by atoms with Crippen molar-refractivity contribution < 1.29 is 14.3 Å². The number of rotatable bonds is 5. The Labute approximate surface area is 167 Å². The second-order valence-corrected chi connectivity index (χ2v) is 7.10. The fraction of sp³-hybridized carbons (Fsp3) is 0.300. The number of methoxy groups -OCH3 is 1. The summed E-state index contributed by atoms with van der Waals surface area (Å²) in [7, 11) is 1.50. The van der Waals surface area contributed by atoms with Crippen LogP contribution in [0.4, 0.5) is 5.69 Å². The molecule has 4 rings (SSSR count). The molecule has 0 aromatic heterocycles. The van der Waals surface area contributed by atoms with Crippen LogP contribution in [-0.2, 0) is 22.6 Å². The number of benzene rings is 2. The molecule has 0 bridgehead atoms. The Morgan fingerprint density at radius 3 is 2.43 bits per heavy atom. The summed E-state index contributed by atoms with van der Waals surface area (Å²) in [5.74, 6) is -0.281. The quantitative estimate of drug-likeness (QED) is 0.723. The van der Waals surface area contributed by atoms with Gasteiger partial charge in [-0.2, -0.15) is 5.11 Å². The minimum absolute atomic E-state index is 0.326. The summed E-state index contributed by atoms with van der Waals surface area (Å²) in [4.78, 5) is 27.0. The Bertz CT molecular complexity index is 960. The van der Waals surface area contributed by atoms with E-state index in [9.17, 15) is 9.59 Å². The predicted molar refractivity (Wildman–Crippen MR) is 104 cm³/mol. The van der Waals surface area contributed by atoms with Crippen LogP contribution in [0.3, 0.4) is 0 Å². The monoisotopic (exact) mass is 398 g/mol. The fourth-order valence-corrected chi connectivity index (χ4v) is 3.72. The third-order valence-electron chi connectivity index (χ3n) is 5.03. The molecule has 2 amide bonds. The second kappa shape index (κ2) is 7.24. The Kier molecular flexibility index (Phi) is 4.77. The van der Waals surface area contributed by atoms with Gasteiger partial charge in [-0.1, -0.05) is 48.0 Å². The van der Waals surface area contributed by atoms with E-state index in [1.807, 2.05) is 24.3 Å². The van der Waals surface area contributed by atoms with Crippen molar-refractivity contribution in [1.82, 2.24) is 5.01 Å². The van der Waals surface area contributed by atoms with Gasteiger partial charge < -0.3 is 4.74 Å². The van der Waals surface area contributed by atoms with Crippen LogP contribution in [0, 0.1) is 0 Å². The molecule has 0 unspecified atom stereocenters. The van der Waals surface area contributed by atoms with Crippen LogP contribution in [0.15, 0.2) is 52.8 Å². The van der Waals surface area contributed by atoms with Gasteiger partial charge in [0.05, 0.1) is 24.4 Å². The summed E-state index contributed by atoms with van der Waals surface area (Å²) in [5, 5.41) is 10.0. The molecular weight excluding hydrogens is 380 g/mol. The Morgan fingerprint density at radius 2 is 1.79 bits per heavy atom. The van der Waals surface area contributed by atoms with Gasteiger partial charge in [0, 0.05) is 0 Å². The van der Waals surface area contributed by atoms with Crippen molar-refractivity contribution in [3.8, 4) is 5.75 Å². The van der Waals surface area contributed by atoms with Crippen LogP contribution in [0.2, 0.25) is 5.02 Å². The fourth-order valence-electron chi connectivity index (χ4n) is 3.47. The van der Waals surface area contributed by atoms with E-state index < -0.39 is 18.0 Å². The first-order chi connectivity index (χ1) is 13.5. The molecular formula is C20H19ClN4O3. The van der Waals surface area contributed by atoms with Crippen molar-refractivity contribution >= 4 is 29.1 Å². The Hall–Kier alpha value is -2.93. The zero-order chi connectivity index (χ0) is 19.8. The topological polar surface area (TPSA) is 74.6 Å². The van der Waals surface area contributed by atoms with E-state index in [0.29, 0.717) is 23.0 Å². The van der Waals surface area contributed by atoms with Crippen molar-refractivity contribution in [2.45, 2.75) is 32.0 Å². The summed E-state index contributed by atoms with van der Waals surface area (Å²) >= 11 is 6.16. The van der Waals surface area contributed by atoms with Crippen LogP contribution in [0.5, 0.6) is 5.75 Å². The van der Waals surface area contributed by atoms with E-state index in [1.165, 1.54) is 12.7 Å². The van der Waals surface area contributed by atoms with E-state index in [2.05, 4.69) is 17.3 Å². The van der Waals surface area contributed by atoms with Gasteiger partial charge in [-0.15, -0.1) is 0 Å². The maximum atomic E-state index is 13.0. The third-order valence-corrected chi connectivity index (χ3v) is 5.32. The Balaban J connectivity index is 1.57. The molecule has 28 heavy (non-hydrogen) atoms. The summed E-state index contributed by atoms with van der Waals surface area (Å²) in [6.45, 7) is 2.50. The van der Waals surface area contributed by atoms with Crippen LogP contribution in [0.1, 0.15) is 18.1 Å². The van der Waals surface area contributed by atoms with E-state index >= 15 is 0 Å². The molecule has 2 atom stereocenters. The molecule has 8 heteroatoms. The van der Waals surface area contributed by atoms with Gasteiger partial charge in [-0.25, -0.2) is 4.90 Å². The number of hydrogen-bond donors (Lipinski definition) is 0. The highest BCUT2D eigenvalue weighted by atomic mass is 35.5. The highest BCUT2D eigenvalue weighted by Gasteiger charge is 2.54. The highest BCUT2D eigenvalue weighted by Crippen LogP contribution is 2.35. The number of halogens is 1. The predicted octanol–water partition coefficient (Wildman–Crippen LogP) is 3.40. The first-order valence-corrected chi connectivity index (χ1v) is 9.38. The number of nitrogens with zero attached hydrogens (tertiary/aromatic N) is 4. The number of carbonyl (C=O) groups is 2. The maximum Gasteiger partial charge on any atom is 0.263 e.